The van der Waals surface area contributed by atoms with E-state index in [0.717, 1.165) is 39.0 Å². The first-order chi connectivity index (χ1) is 7.80. The van der Waals surface area contributed by atoms with Crippen molar-refractivity contribution in [2.75, 3.05) is 19.6 Å². The Labute approximate surface area is 99.5 Å². The molecule has 0 radical (unpaired) electrons. The van der Waals surface area contributed by atoms with Gasteiger partial charge >= 0.3 is 0 Å². The summed E-state index contributed by atoms with van der Waals surface area (Å²) in [7, 11) is 0. The largest absolute Gasteiger partial charge is 0.330 e. The van der Waals surface area contributed by atoms with Crippen LogP contribution in [0.4, 0.5) is 0 Å². The molecule has 0 heterocycles. The van der Waals surface area contributed by atoms with Crippen LogP contribution in [0.1, 0.15) is 31.4 Å². The topological polar surface area (TPSA) is 29.3 Å². The fraction of sp³-hybridized carbons (Fsp3) is 0.571. The van der Waals surface area contributed by atoms with Gasteiger partial charge in [-0.15, -0.1) is 0 Å². The molecule has 0 aromatic heterocycles. The lowest BCUT2D eigenvalue weighted by Gasteiger charge is -2.18. The zero-order valence-corrected chi connectivity index (χ0v) is 10.6. The van der Waals surface area contributed by atoms with Crippen molar-refractivity contribution < 1.29 is 0 Å². The van der Waals surface area contributed by atoms with E-state index in [4.69, 9.17) is 5.73 Å². The second-order valence-electron chi connectivity index (χ2n) is 4.17. The highest BCUT2D eigenvalue weighted by molar-refractivity contribution is 5.22. The number of aryl methyl sites for hydroxylation is 1. The van der Waals surface area contributed by atoms with E-state index in [-0.39, 0.29) is 0 Å². The lowest BCUT2D eigenvalue weighted by Crippen LogP contribution is -2.22. The van der Waals surface area contributed by atoms with Crippen molar-refractivity contribution in [3.05, 3.63) is 35.4 Å². The molecule has 2 N–H and O–H groups in total. The molecule has 0 fully saturated rings. The highest BCUT2D eigenvalue weighted by atomic mass is 15.1. The van der Waals surface area contributed by atoms with Gasteiger partial charge in [0.25, 0.3) is 0 Å². The van der Waals surface area contributed by atoms with Crippen LogP contribution in [-0.4, -0.2) is 24.5 Å². The molecule has 0 aliphatic heterocycles. The Hall–Kier alpha value is -0.860. The Morgan fingerprint density at radius 3 is 2.06 bits per heavy atom. The van der Waals surface area contributed by atoms with E-state index in [2.05, 4.69) is 43.0 Å². The summed E-state index contributed by atoms with van der Waals surface area (Å²) in [6.45, 7) is 8.49. The molecule has 0 unspecified atom stereocenters. The number of hydrogen-bond donors (Lipinski definition) is 1. The molecule has 90 valence electrons. The molecular formula is C14H24N2. The third-order valence-electron chi connectivity index (χ3n) is 2.99. The minimum atomic E-state index is 0.779. The van der Waals surface area contributed by atoms with E-state index in [1.54, 1.807) is 0 Å². The maximum atomic E-state index is 5.50. The maximum Gasteiger partial charge on any atom is 0.0233 e. The summed E-state index contributed by atoms with van der Waals surface area (Å²) in [4.78, 5) is 2.43. The fourth-order valence-electron chi connectivity index (χ4n) is 1.82. The van der Waals surface area contributed by atoms with Gasteiger partial charge in [0.15, 0.2) is 0 Å². The molecule has 0 bridgehead atoms. The van der Waals surface area contributed by atoms with E-state index in [1.165, 1.54) is 11.1 Å². The lowest BCUT2D eigenvalue weighted by molar-refractivity contribution is 0.296. The summed E-state index contributed by atoms with van der Waals surface area (Å²) < 4.78 is 0. The van der Waals surface area contributed by atoms with Crippen molar-refractivity contribution in [3.8, 4) is 0 Å². The Morgan fingerprint density at radius 2 is 1.56 bits per heavy atom. The van der Waals surface area contributed by atoms with E-state index in [9.17, 15) is 0 Å². The predicted molar refractivity (Wildman–Crippen MR) is 70.4 cm³/mol. The molecule has 0 saturated carbocycles. The van der Waals surface area contributed by atoms with Gasteiger partial charge in [0.05, 0.1) is 0 Å². The fourth-order valence-corrected chi connectivity index (χ4v) is 1.82. The summed E-state index contributed by atoms with van der Waals surface area (Å²) in [5.74, 6) is 0. The van der Waals surface area contributed by atoms with Crippen LogP contribution in [-0.2, 0) is 13.0 Å². The third-order valence-corrected chi connectivity index (χ3v) is 2.99. The Kier molecular flexibility index (Phi) is 6.12. The second-order valence-corrected chi connectivity index (χ2v) is 4.17. The number of benzene rings is 1. The van der Waals surface area contributed by atoms with Crippen LogP contribution in [0, 0.1) is 0 Å². The van der Waals surface area contributed by atoms with Gasteiger partial charge in [0.1, 0.15) is 0 Å². The average molecular weight is 220 g/mol. The first kappa shape index (κ1) is 13.2. The van der Waals surface area contributed by atoms with Crippen molar-refractivity contribution in [2.45, 2.75) is 33.2 Å². The number of nitrogens with zero attached hydrogens (tertiary/aromatic N) is 1. The SMILES string of the molecule is CCN(CC)Cc1ccc(CCCN)cc1. The summed E-state index contributed by atoms with van der Waals surface area (Å²) in [6.07, 6.45) is 2.18. The summed E-state index contributed by atoms with van der Waals surface area (Å²) in [5, 5.41) is 0. The monoisotopic (exact) mass is 220 g/mol. The highest BCUT2D eigenvalue weighted by Gasteiger charge is 2.00. The number of hydrogen-bond acceptors (Lipinski definition) is 2. The van der Waals surface area contributed by atoms with Crippen molar-refractivity contribution >= 4 is 0 Å². The molecule has 0 aliphatic carbocycles. The lowest BCUT2D eigenvalue weighted by atomic mass is 10.1. The molecule has 0 amide bonds. The molecule has 16 heavy (non-hydrogen) atoms. The number of nitrogens with two attached hydrogens (primary N) is 1. The standard InChI is InChI=1S/C14H24N2/c1-3-16(4-2)12-14-9-7-13(8-10-14)6-5-11-15/h7-10H,3-6,11-12,15H2,1-2H3. The minimum absolute atomic E-state index is 0.779. The molecule has 0 atom stereocenters. The average Bonchev–Trinajstić information content (AvgIpc) is 2.35. The van der Waals surface area contributed by atoms with Crippen LogP contribution in [0.3, 0.4) is 0 Å². The molecule has 1 rings (SSSR count). The third kappa shape index (κ3) is 4.33. The summed E-state index contributed by atoms with van der Waals surface area (Å²) in [5.41, 5.74) is 8.30. The number of rotatable bonds is 7. The smallest absolute Gasteiger partial charge is 0.0233 e. The van der Waals surface area contributed by atoms with Gasteiger partial charge in [-0.2, -0.15) is 0 Å². The van der Waals surface area contributed by atoms with E-state index in [0.29, 0.717) is 0 Å². The highest BCUT2D eigenvalue weighted by Crippen LogP contribution is 2.08. The van der Waals surface area contributed by atoms with E-state index in [1.807, 2.05) is 0 Å². The van der Waals surface area contributed by atoms with Crippen LogP contribution >= 0.6 is 0 Å². The molecule has 2 heteroatoms. The van der Waals surface area contributed by atoms with Crippen molar-refractivity contribution in [3.63, 3.8) is 0 Å². The normalized spacial score (nSPS) is 11.0. The Morgan fingerprint density at radius 1 is 1.00 bits per heavy atom. The first-order valence-corrected chi connectivity index (χ1v) is 6.30. The quantitative estimate of drug-likeness (QED) is 0.764. The Balaban J connectivity index is 2.50. The van der Waals surface area contributed by atoms with Crippen molar-refractivity contribution in [1.82, 2.24) is 4.90 Å². The van der Waals surface area contributed by atoms with Gasteiger partial charge in [-0.3, -0.25) is 4.90 Å². The molecule has 0 saturated heterocycles. The zero-order chi connectivity index (χ0) is 11.8. The molecular weight excluding hydrogens is 196 g/mol. The van der Waals surface area contributed by atoms with Crippen LogP contribution in [0.2, 0.25) is 0 Å². The first-order valence-electron chi connectivity index (χ1n) is 6.30. The van der Waals surface area contributed by atoms with Crippen LogP contribution in [0.25, 0.3) is 0 Å². The second kappa shape index (κ2) is 7.42. The van der Waals surface area contributed by atoms with Gasteiger partial charge < -0.3 is 5.73 Å². The van der Waals surface area contributed by atoms with Gasteiger partial charge in [-0.25, -0.2) is 0 Å². The van der Waals surface area contributed by atoms with E-state index < -0.39 is 0 Å². The van der Waals surface area contributed by atoms with Gasteiger partial charge in [0.2, 0.25) is 0 Å². The van der Waals surface area contributed by atoms with Crippen molar-refractivity contribution in [2.24, 2.45) is 5.73 Å². The molecule has 1 aromatic carbocycles. The van der Waals surface area contributed by atoms with Crippen LogP contribution in [0.15, 0.2) is 24.3 Å². The molecule has 2 nitrogen and oxygen atoms in total. The summed E-state index contributed by atoms with van der Waals surface area (Å²) in [6, 6.07) is 8.94. The Bertz CT molecular complexity index is 275. The van der Waals surface area contributed by atoms with E-state index >= 15 is 0 Å². The predicted octanol–water partition coefficient (Wildman–Crippen LogP) is 2.42. The summed E-state index contributed by atoms with van der Waals surface area (Å²) >= 11 is 0. The molecule has 0 spiro atoms. The minimum Gasteiger partial charge on any atom is -0.330 e. The molecule has 1 aromatic rings. The zero-order valence-electron chi connectivity index (χ0n) is 10.6. The van der Waals surface area contributed by atoms with Crippen LogP contribution in [0.5, 0.6) is 0 Å². The van der Waals surface area contributed by atoms with Crippen molar-refractivity contribution in [1.29, 1.82) is 0 Å². The maximum absolute atomic E-state index is 5.50. The van der Waals surface area contributed by atoms with Gasteiger partial charge in [-0.1, -0.05) is 38.1 Å². The molecule has 0 aliphatic rings. The van der Waals surface area contributed by atoms with Crippen LogP contribution < -0.4 is 5.73 Å². The van der Waals surface area contributed by atoms with Gasteiger partial charge in [0, 0.05) is 6.54 Å². The van der Waals surface area contributed by atoms with Gasteiger partial charge in [-0.05, 0) is 43.6 Å².